The minimum Gasteiger partial charge on any atom is -0.496 e. The molecular formula is C24H20ClN3O5. The minimum atomic E-state index is -0.553. The van der Waals surface area contributed by atoms with E-state index < -0.39 is 5.76 Å². The lowest BCUT2D eigenvalue weighted by Crippen LogP contribution is -2.15. The van der Waals surface area contributed by atoms with Crippen molar-refractivity contribution in [3.63, 3.8) is 0 Å². The molecule has 0 fully saturated rings. The third-order valence-corrected chi connectivity index (χ3v) is 5.90. The number of aryl methyl sites for hydroxylation is 2. The van der Waals surface area contributed by atoms with Crippen LogP contribution in [0, 0.1) is 13.8 Å². The number of aromatic nitrogens is 3. The summed E-state index contributed by atoms with van der Waals surface area (Å²) in [5.41, 5.74) is 4.73. The molecular weight excluding hydrogens is 446 g/mol. The number of halogens is 1. The summed E-state index contributed by atoms with van der Waals surface area (Å²) < 4.78 is 18.1. The van der Waals surface area contributed by atoms with E-state index in [-0.39, 0.29) is 24.4 Å². The van der Waals surface area contributed by atoms with E-state index in [2.05, 4.69) is 10.1 Å². The fraction of sp³-hybridized carbons (Fsp3) is 0.208. The maximum Gasteiger partial charge on any atom is 0.420 e. The topological polar surface area (TPSA) is 104 Å². The third kappa shape index (κ3) is 3.48. The molecule has 0 aliphatic heterocycles. The fourth-order valence-electron chi connectivity index (χ4n) is 4.22. The number of methoxy groups -OCH3 is 1. The first-order chi connectivity index (χ1) is 15.9. The SMILES string of the molecule is COc1cc2c(cc1-c1c(C)noc1C)nc(CO)c1oc(=O)n(Cc3cccc(Cl)c3)c12. The second kappa shape index (κ2) is 8.06. The number of hydrogen-bond donors (Lipinski definition) is 1. The van der Waals surface area contributed by atoms with Crippen molar-refractivity contribution >= 4 is 33.6 Å². The predicted octanol–water partition coefficient (Wildman–Crippen LogP) is 4.62. The third-order valence-electron chi connectivity index (χ3n) is 5.67. The highest BCUT2D eigenvalue weighted by molar-refractivity contribution is 6.30. The number of ether oxygens (including phenoxy) is 1. The molecule has 1 N–H and O–H groups in total. The smallest absolute Gasteiger partial charge is 0.420 e. The molecule has 0 spiro atoms. The van der Waals surface area contributed by atoms with Crippen molar-refractivity contribution < 1.29 is 18.8 Å². The molecule has 0 atom stereocenters. The van der Waals surface area contributed by atoms with Gasteiger partial charge in [0, 0.05) is 16.0 Å². The first-order valence-electron chi connectivity index (χ1n) is 10.2. The average Bonchev–Trinajstić information content (AvgIpc) is 3.30. The highest BCUT2D eigenvalue weighted by Crippen LogP contribution is 2.39. The van der Waals surface area contributed by atoms with Gasteiger partial charge in [-0.3, -0.25) is 4.57 Å². The Bertz CT molecular complexity index is 1560. The molecule has 33 heavy (non-hydrogen) atoms. The van der Waals surface area contributed by atoms with Gasteiger partial charge in [0.2, 0.25) is 0 Å². The summed E-state index contributed by atoms with van der Waals surface area (Å²) in [4.78, 5) is 17.4. The monoisotopic (exact) mass is 465 g/mol. The number of oxazole rings is 1. The van der Waals surface area contributed by atoms with Crippen molar-refractivity contribution in [3.05, 3.63) is 74.7 Å². The molecule has 8 nitrogen and oxygen atoms in total. The van der Waals surface area contributed by atoms with Crippen molar-refractivity contribution in [2.45, 2.75) is 27.0 Å². The van der Waals surface area contributed by atoms with Crippen molar-refractivity contribution in [3.8, 4) is 16.9 Å². The number of nitrogens with zero attached hydrogens (tertiary/aromatic N) is 3. The molecule has 5 aromatic rings. The summed E-state index contributed by atoms with van der Waals surface area (Å²) in [7, 11) is 1.57. The largest absolute Gasteiger partial charge is 0.496 e. The van der Waals surface area contributed by atoms with Crippen LogP contribution < -0.4 is 10.5 Å². The van der Waals surface area contributed by atoms with Crippen LogP contribution >= 0.6 is 11.6 Å². The lowest BCUT2D eigenvalue weighted by molar-refractivity contribution is 0.277. The normalized spacial score (nSPS) is 11.5. The van der Waals surface area contributed by atoms with Gasteiger partial charge in [-0.1, -0.05) is 28.9 Å². The molecule has 2 aromatic carbocycles. The van der Waals surface area contributed by atoms with Crippen LogP contribution in [0.4, 0.5) is 0 Å². The van der Waals surface area contributed by atoms with Crippen LogP contribution in [0.5, 0.6) is 5.75 Å². The molecule has 0 bridgehead atoms. The number of rotatable bonds is 5. The summed E-state index contributed by atoms with van der Waals surface area (Å²) in [6.45, 7) is 3.53. The number of benzene rings is 2. The molecule has 0 saturated heterocycles. The molecule has 0 saturated carbocycles. The Balaban J connectivity index is 1.83. The average molecular weight is 466 g/mol. The molecule has 0 unspecified atom stereocenters. The molecule has 0 aliphatic rings. The van der Waals surface area contributed by atoms with E-state index in [4.69, 9.17) is 25.3 Å². The molecule has 0 aliphatic carbocycles. The number of hydrogen-bond acceptors (Lipinski definition) is 7. The Hall–Kier alpha value is -3.62. The lowest BCUT2D eigenvalue weighted by Gasteiger charge is -2.12. The molecule has 3 heterocycles. The van der Waals surface area contributed by atoms with Gasteiger partial charge in [0.15, 0.2) is 5.58 Å². The summed E-state index contributed by atoms with van der Waals surface area (Å²) in [6.07, 6.45) is 0. The van der Waals surface area contributed by atoms with Gasteiger partial charge < -0.3 is 18.8 Å². The van der Waals surface area contributed by atoms with E-state index in [0.717, 1.165) is 22.4 Å². The summed E-state index contributed by atoms with van der Waals surface area (Å²) in [6, 6.07) is 10.9. The highest BCUT2D eigenvalue weighted by Gasteiger charge is 2.22. The van der Waals surface area contributed by atoms with E-state index >= 15 is 0 Å². The zero-order valence-corrected chi connectivity index (χ0v) is 18.9. The Morgan fingerprint density at radius 1 is 1.21 bits per heavy atom. The molecule has 5 rings (SSSR count). The van der Waals surface area contributed by atoms with Crippen LogP contribution in [0.15, 0.2) is 50.1 Å². The van der Waals surface area contributed by atoms with Gasteiger partial charge >= 0.3 is 5.76 Å². The van der Waals surface area contributed by atoms with Gasteiger partial charge in [0.05, 0.1) is 37.0 Å². The molecule has 9 heteroatoms. The van der Waals surface area contributed by atoms with Crippen LogP contribution in [0.2, 0.25) is 5.02 Å². The molecule has 168 valence electrons. The number of fused-ring (bicyclic) bond motifs is 3. The minimum absolute atomic E-state index is 0.240. The Morgan fingerprint density at radius 3 is 2.70 bits per heavy atom. The highest BCUT2D eigenvalue weighted by atomic mass is 35.5. The van der Waals surface area contributed by atoms with Gasteiger partial charge in [0.25, 0.3) is 0 Å². The van der Waals surface area contributed by atoms with E-state index in [1.165, 1.54) is 4.57 Å². The molecule has 0 amide bonds. The van der Waals surface area contributed by atoms with Gasteiger partial charge in [-0.15, -0.1) is 0 Å². The van der Waals surface area contributed by atoms with Crippen LogP contribution in [0.25, 0.3) is 33.1 Å². The van der Waals surface area contributed by atoms with Crippen LogP contribution in [0.3, 0.4) is 0 Å². The number of pyridine rings is 1. The second-order valence-corrected chi connectivity index (χ2v) is 8.18. The Kier molecular flexibility index (Phi) is 5.19. The van der Waals surface area contributed by atoms with Crippen molar-refractivity contribution in [1.29, 1.82) is 0 Å². The van der Waals surface area contributed by atoms with Crippen LogP contribution in [0.1, 0.15) is 22.7 Å². The van der Waals surface area contributed by atoms with E-state index in [1.807, 2.05) is 38.1 Å². The lowest BCUT2D eigenvalue weighted by atomic mass is 10.00. The van der Waals surface area contributed by atoms with Crippen LogP contribution in [-0.4, -0.2) is 26.9 Å². The first kappa shape index (κ1) is 21.2. The fourth-order valence-corrected chi connectivity index (χ4v) is 4.43. The van der Waals surface area contributed by atoms with Crippen LogP contribution in [-0.2, 0) is 13.2 Å². The first-order valence-corrected chi connectivity index (χ1v) is 10.6. The van der Waals surface area contributed by atoms with Crippen molar-refractivity contribution in [1.82, 2.24) is 14.7 Å². The van der Waals surface area contributed by atoms with Gasteiger partial charge in [0.1, 0.15) is 22.7 Å². The van der Waals surface area contributed by atoms with Crippen molar-refractivity contribution in [2.24, 2.45) is 0 Å². The van der Waals surface area contributed by atoms with Gasteiger partial charge in [-0.05, 0) is 43.7 Å². The summed E-state index contributed by atoms with van der Waals surface area (Å²) in [5, 5.41) is 15.2. The zero-order chi connectivity index (χ0) is 23.3. The maximum absolute atomic E-state index is 12.8. The predicted molar refractivity (Wildman–Crippen MR) is 124 cm³/mol. The quantitative estimate of drug-likeness (QED) is 0.404. The van der Waals surface area contributed by atoms with Gasteiger partial charge in [-0.2, -0.15) is 0 Å². The summed E-state index contributed by atoms with van der Waals surface area (Å²) >= 11 is 6.13. The van der Waals surface area contributed by atoms with Gasteiger partial charge in [-0.25, -0.2) is 9.78 Å². The second-order valence-electron chi connectivity index (χ2n) is 7.75. The zero-order valence-electron chi connectivity index (χ0n) is 18.2. The Labute approximate surface area is 193 Å². The van der Waals surface area contributed by atoms with Crippen molar-refractivity contribution in [2.75, 3.05) is 7.11 Å². The summed E-state index contributed by atoms with van der Waals surface area (Å²) in [5.74, 6) is 0.664. The standard InChI is InChI=1S/C24H20ClN3O5/c1-12-21(13(2)33-27-12)17-8-18-16(9-20(17)31-3)22-23(19(11-29)26-18)32-24(30)28(22)10-14-5-4-6-15(25)7-14/h4-9,29H,10-11H2,1-3H3. The Morgan fingerprint density at radius 2 is 2.03 bits per heavy atom. The number of aliphatic hydroxyl groups is 1. The number of aliphatic hydroxyl groups excluding tert-OH is 1. The molecule has 3 aromatic heterocycles. The van der Waals surface area contributed by atoms with E-state index in [1.54, 1.807) is 19.2 Å². The maximum atomic E-state index is 12.8. The van der Waals surface area contributed by atoms with E-state index in [9.17, 15) is 9.90 Å². The molecule has 0 radical (unpaired) electrons. The van der Waals surface area contributed by atoms with E-state index in [0.29, 0.717) is 33.0 Å².